The lowest BCUT2D eigenvalue weighted by Gasteiger charge is -2.28. The first kappa shape index (κ1) is 14.4. The predicted molar refractivity (Wildman–Crippen MR) is 76.9 cm³/mol. The minimum absolute atomic E-state index is 0.0828. The molecule has 1 saturated carbocycles. The molecule has 0 unspecified atom stereocenters. The quantitative estimate of drug-likeness (QED) is 0.787. The third kappa shape index (κ3) is 2.81. The Balaban J connectivity index is 2.28. The van der Waals surface area contributed by atoms with E-state index in [4.69, 9.17) is 16.0 Å². The van der Waals surface area contributed by atoms with Gasteiger partial charge in [-0.3, -0.25) is 4.79 Å². The van der Waals surface area contributed by atoms with Gasteiger partial charge in [0.15, 0.2) is 0 Å². The van der Waals surface area contributed by atoms with Crippen LogP contribution in [0.2, 0.25) is 0 Å². The molecule has 106 valence electrons. The molecule has 0 N–H and O–H groups in total. The summed E-state index contributed by atoms with van der Waals surface area (Å²) in [5.41, 5.74) is 1.69. The van der Waals surface area contributed by atoms with Gasteiger partial charge >= 0.3 is 0 Å². The largest absolute Gasteiger partial charge is 0.466 e. The summed E-state index contributed by atoms with van der Waals surface area (Å²) in [7, 11) is 0. The number of aryl methyl sites for hydroxylation is 2. The average Bonchev–Trinajstić information content (AvgIpc) is 2.96. The van der Waals surface area contributed by atoms with E-state index in [9.17, 15) is 4.79 Å². The molecule has 1 aliphatic rings. The van der Waals surface area contributed by atoms with Gasteiger partial charge in [0.05, 0.1) is 5.56 Å². The van der Waals surface area contributed by atoms with Gasteiger partial charge in [0, 0.05) is 24.0 Å². The first-order valence-corrected chi connectivity index (χ1v) is 7.53. The number of amides is 1. The minimum atomic E-state index is 0.0828. The molecule has 1 aromatic heterocycles. The predicted octanol–water partition coefficient (Wildman–Crippen LogP) is 3.83. The standard InChI is InChI=1S/C15H22ClNO2/c1-10-11(2)19-12(3)14(10)15(18)17(9-8-16)13-6-4-5-7-13/h13H,4-9H2,1-3H3. The van der Waals surface area contributed by atoms with Gasteiger partial charge in [-0.15, -0.1) is 11.6 Å². The zero-order chi connectivity index (χ0) is 14.0. The van der Waals surface area contributed by atoms with Crippen LogP contribution in [0.5, 0.6) is 0 Å². The van der Waals surface area contributed by atoms with Crippen LogP contribution >= 0.6 is 11.6 Å². The Morgan fingerprint density at radius 2 is 1.89 bits per heavy atom. The van der Waals surface area contributed by atoms with Crippen molar-refractivity contribution in [1.82, 2.24) is 4.90 Å². The Morgan fingerprint density at radius 3 is 2.37 bits per heavy atom. The molecule has 0 radical (unpaired) electrons. The van der Waals surface area contributed by atoms with Crippen molar-refractivity contribution >= 4 is 17.5 Å². The third-order valence-corrected chi connectivity index (χ3v) is 4.30. The Kier molecular flexibility index (Phi) is 4.56. The van der Waals surface area contributed by atoms with Crippen LogP contribution in [0.4, 0.5) is 0 Å². The molecule has 0 spiro atoms. The zero-order valence-electron chi connectivity index (χ0n) is 12.0. The second kappa shape index (κ2) is 6.00. The van der Waals surface area contributed by atoms with E-state index in [1.807, 2.05) is 25.7 Å². The Bertz CT molecular complexity index is 461. The molecule has 1 fully saturated rings. The summed E-state index contributed by atoms with van der Waals surface area (Å²) in [4.78, 5) is 14.7. The Labute approximate surface area is 119 Å². The van der Waals surface area contributed by atoms with Crippen molar-refractivity contribution in [1.29, 1.82) is 0 Å². The lowest BCUT2D eigenvalue weighted by molar-refractivity contribution is 0.0692. The SMILES string of the molecule is Cc1oc(C)c(C(=O)N(CCCl)C2CCCC2)c1C. The highest BCUT2D eigenvalue weighted by Crippen LogP contribution is 2.28. The van der Waals surface area contributed by atoms with Crippen LogP contribution in [0.25, 0.3) is 0 Å². The molecule has 19 heavy (non-hydrogen) atoms. The Morgan fingerprint density at radius 1 is 1.26 bits per heavy atom. The van der Waals surface area contributed by atoms with Crippen LogP contribution < -0.4 is 0 Å². The highest BCUT2D eigenvalue weighted by molar-refractivity contribution is 6.18. The van der Waals surface area contributed by atoms with Crippen LogP contribution in [0.3, 0.4) is 0 Å². The molecule has 0 aliphatic heterocycles. The average molecular weight is 284 g/mol. The molecule has 1 heterocycles. The molecule has 0 bridgehead atoms. The maximum Gasteiger partial charge on any atom is 0.257 e. The summed E-state index contributed by atoms with van der Waals surface area (Å²) in [5, 5.41) is 0. The number of alkyl halides is 1. The van der Waals surface area contributed by atoms with Gasteiger partial charge in [0.2, 0.25) is 0 Å². The number of halogens is 1. The molecule has 1 aliphatic carbocycles. The summed E-state index contributed by atoms with van der Waals surface area (Å²) >= 11 is 5.87. The third-order valence-electron chi connectivity index (χ3n) is 4.13. The number of rotatable bonds is 4. The van der Waals surface area contributed by atoms with Gasteiger partial charge in [0.25, 0.3) is 5.91 Å². The Hall–Kier alpha value is -0.960. The summed E-state index contributed by atoms with van der Waals surface area (Å²) in [6.07, 6.45) is 4.60. The number of nitrogens with zero attached hydrogens (tertiary/aromatic N) is 1. The smallest absolute Gasteiger partial charge is 0.257 e. The normalized spacial score (nSPS) is 16.0. The number of hydrogen-bond donors (Lipinski definition) is 0. The monoisotopic (exact) mass is 283 g/mol. The van der Waals surface area contributed by atoms with E-state index in [1.54, 1.807) is 0 Å². The zero-order valence-corrected chi connectivity index (χ0v) is 12.7. The molecule has 1 aromatic rings. The first-order valence-electron chi connectivity index (χ1n) is 6.99. The fraction of sp³-hybridized carbons (Fsp3) is 0.667. The van der Waals surface area contributed by atoms with Crippen molar-refractivity contribution in [2.75, 3.05) is 12.4 Å². The van der Waals surface area contributed by atoms with Crippen molar-refractivity contribution in [3.05, 3.63) is 22.6 Å². The number of hydrogen-bond acceptors (Lipinski definition) is 2. The van der Waals surface area contributed by atoms with Gasteiger partial charge in [-0.1, -0.05) is 12.8 Å². The topological polar surface area (TPSA) is 33.5 Å². The highest BCUT2D eigenvalue weighted by Gasteiger charge is 2.30. The lowest BCUT2D eigenvalue weighted by atomic mass is 10.1. The molecule has 0 atom stereocenters. The molecule has 0 aromatic carbocycles. The van der Waals surface area contributed by atoms with Crippen molar-refractivity contribution in [2.24, 2.45) is 0 Å². The van der Waals surface area contributed by atoms with Crippen LogP contribution in [0.1, 0.15) is 53.1 Å². The summed E-state index contributed by atoms with van der Waals surface area (Å²) in [6, 6.07) is 0.347. The lowest BCUT2D eigenvalue weighted by Crippen LogP contribution is -2.40. The van der Waals surface area contributed by atoms with Crippen molar-refractivity contribution in [3.8, 4) is 0 Å². The van der Waals surface area contributed by atoms with Gasteiger partial charge < -0.3 is 9.32 Å². The van der Waals surface area contributed by atoms with Crippen LogP contribution in [-0.4, -0.2) is 29.3 Å². The maximum atomic E-state index is 12.8. The second-order valence-corrected chi connectivity index (χ2v) is 5.72. The van der Waals surface area contributed by atoms with Crippen LogP contribution in [0, 0.1) is 20.8 Å². The van der Waals surface area contributed by atoms with Crippen molar-refractivity contribution in [3.63, 3.8) is 0 Å². The summed E-state index contributed by atoms with van der Waals surface area (Å²) in [6.45, 7) is 6.34. The number of carbonyl (C=O) groups is 1. The van der Waals surface area contributed by atoms with Gasteiger partial charge in [-0.25, -0.2) is 0 Å². The molecule has 4 heteroatoms. The molecular weight excluding hydrogens is 262 g/mol. The van der Waals surface area contributed by atoms with E-state index in [2.05, 4.69) is 0 Å². The van der Waals surface area contributed by atoms with Crippen LogP contribution in [0.15, 0.2) is 4.42 Å². The van der Waals surface area contributed by atoms with E-state index in [0.717, 1.165) is 35.5 Å². The van der Waals surface area contributed by atoms with E-state index >= 15 is 0 Å². The molecule has 0 saturated heterocycles. The van der Waals surface area contributed by atoms with Crippen LogP contribution in [-0.2, 0) is 0 Å². The minimum Gasteiger partial charge on any atom is -0.466 e. The number of carbonyl (C=O) groups excluding carboxylic acids is 1. The van der Waals surface area contributed by atoms with Gasteiger partial charge in [-0.05, 0) is 33.6 Å². The fourth-order valence-corrected chi connectivity index (χ4v) is 3.19. The van der Waals surface area contributed by atoms with Crippen molar-refractivity contribution < 1.29 is 9.21 Å². The molecule has 1 amide bonds. The maximum absolute atomic E-state index is 12.8. The van der Waals surface area contributed by atoms with Crippen molar-refractivity contribution in [2.45, 2.75) is 52.5 Å². The van der Waals surface area contributed by atoms with Gasteiger partial charge in [-0.2, -0.15) is 0 Å². The number of furan rings is 1. The van der Waals surface area contributed by atoms with E-state index < -0.39 is 0 Å². The van der Waals surface area contributed by atoms with Gasteiger partial charge in [0.1, 0.15) is 11.5 Å². The fourth-order valence-electron chi connectivity index (χ4n) is 3.01. The molecule has 3 nitrogen and oxygen atoms in total. The summed E-state index contributed by atoms with van der Waals surface area (Å²) < 4.78 is 5.58. The first-order chi connectivity index (χ1) is 9.06. The second-order valence-electron chi connectivity index (χ2n) is 5.34. The highest BCUT2D eigenvalue weighted by atomic mass is 35.5. The molecular formula is C15H22ClNO2. The van der Waals surface area contributed by atoms with E-state index in [0.29, 0.717) is 18.5 Å². The summed E-state index contributed by atoms with van der Waals surface area (Å²) in [5.74, 6) is 2.12. The van der Waals surface area contributed by atoms with E-state index in [1.165, 1.54) is 12.8 Å². The van der Waals surface area contributed by atoms with E-state index in [-0.39, 0.29) is 5.91 Å². The molecule has 2 rings (SSSR count).